The smallest absolute Gasteiger partial charge is 0.181 e. The molecule has 1 aromatic rings. The molecule has 0 atom stereocenters. The van der Waals surface area contributed by atoms with Gasteiger partial charge in [0.25, 0.3) is 0 Å². The molecule has 0 saturated carbocycles. The predicted molar refractivity (Wildman–Crippen MR) is 30.0 cm³/mol. The van der Waals surface area contributed by atoms with Gasteiger partial charge in [0.15, 0.2) is 6.39 Å². The van der Waals surface area contributed by atoms with Crippen molar-refractivity contribution in [3.63, 3.8) is 0 Å². The zero-order valence-corrected chi connectivity index (χ0v) is 4.53. The van der Waals surface area contributed by atoms with E-state index in [1.807, 2.05) is 0 Å². The summed E-state index contributed by atoms with van der Waals surface area (Å²) in [4.78, 5) is 7.52. The van der Waals surface area contributed by atoms with E-state index in [1.54, 1.807) is 13.3 Å². The van der Waals surface area contributed by atoms with E-state index in [0.717, 1.165) is 5.69 Å². The summed E-state index contributed by atoms with van der Waals surface area (Å²) in [6.45, 7) is 0. The Morgan fingerprint density at radius 3 is 3.25 bits per heavy atom. The molecule has 3 nitrogen and oxygen atoms in total. The van der Waals surface area contributed by atoms with Crippen molar-refractivity contribution < 1.29 is 4.42 Å². The number of hydrogen-bond donors (Lipinski definition) is 0. The Morgan fingerprint density at radius 2 is 2.75 bits per heavy atom. The monoisotopic (exact) mass is 110 g/mol. The van der Waals surface area contributed by atoms with E-state index in [0.29, 0.717) is 0 Å². The van der Waals surface area contributed by atoms with Gasteiger partial charge >= 0.3 is 0 Å². The average molecular weight is 110 g/mol. The average Bonchev–Trinajstić information content (AvgIpc) is 2.19. The van der Waals surface area contributed by atoms with Crippen LogP contribution in [0.3, 0.4) is 0 Å². The highest BCUT2D eigenvalue weighted by Gasteiger charge is 1.84. The maximum atomic E-state index is 4.66. The number of oxazole rings is 1. The van der Waals surface area contributed by atoms with Gasteiger partial charge in [0.1, 0.15) is 12.0 Å². The van der Waals surface area contributed by atoms with Gasteiger partial charge in [0, 0.05) is 13.3 Å². The third-order valence-electron chi connectivity index (χ3n) is 0.713. The fraction of sp³-hybridized carbons (Fsp3) is 0.200. The molecule has 42 valence electrons. The van der Waals surface area contributed by atoms with E-state index in [4.69, 9.17) is 0 Å². The molecule has 1 rings (SSSR count). The summed E-state index contributed by atoms with van der Waals surface area (Å²) >= 11 is 0. The third kappa shape index (κ3) is 0.932. The van der Waals surface area contributed by atoms with Crippen molar-refractivity contribution >= 4 is 6.21 Å². The molecule has 0 radical (unpaired) electrons. The first-order chi connectivity index (χ1) is 3.93. The van der Waals surface area contributed by atoms with Gasteiger partial charge in [-0.15, -0.1) is 0 Å². The van der Waals surface area contributed by atoms with Crippen LogP contribution in [-0.2, 0) is 0 Å². The van der Waals surface area contributed by atoms with E-state index in [9.17, 15) is 0 Å². The Morgan fingerprint density at radius 1 is 1.88 bits per heavy atom. The molecule has 0 aliphatic heterocycles. The first kappa shape index (κ1) is 5.03. The van der Waals surface area contributed by atoms with Crippen molar-refractivity contribution in [3.8, 4) is 0 Å². The number of nitrogens with zero attached hydrogens (tertiary/aromatic N) is 2. The highest BCUT2D eigenvalue weighted by atomic mass is 16.3. The van der Waals surface area contributed by atoms with Gasteiger partial charge in [-0.05, 0) is 0 Å². The number of rotatable bonds is 1. The molecule has 8 heavy (non-hydrogen) atoms. The first-order valence-corrected chi connectivity index (χ1v) is 2.24. The molecule has 1 heterocycles. The molecule has 0 bridgehead atoms. The van der Waals surface area contributed by atoms with Crippen molar-refractivity contribution in [2.24, 2.45) is 4.99 Å². The Bertz CT molecular complexity index is 167. The lowest BCUT2D eigenvalue weighted by molar-refractivity contribution is 0.557. The SMILES string of the molecule is CN=Cc1cocn1. The Hall–Kier alpha value is -1.12. The standard InChI is InChI=1S/C5H6N2O/c1-6-2-5-3-8-4-7-5/h2-4H,1H3. The van der Waals surface area contributed by atoms with E-state index < -0.39 is 0 Å². The normalized spacial score (nSPS) is 10.6. The van der Waals surface area contributed by atoms with Crippen molar-refractivity contribution in [2.75, 3.05) is 7.05 Å². The second-order valence-electron chi connectivity index (χ2n) is 1.30. The Labute approximate surface area is 47.1 Å². The molecule has 0 aromatic carbocycles. The van der Waals surface area contributed by atoms with Crippen molar-refractivity contribution in [1.82, 2.24) is 4.98 Å². The molecular formula is C5H6N2O. The minimum absolute atomic E-state index is 0.757. The first-order valence-electron chi connectivity index (χ1n) is 2.24. The summed E-state index contributed by atoms with van der Waals surface area (Å²) in [7, 11) is 1.69. The summed E-state index contributed by atoms with van der Waals surface area (Å²) in [6.07, 6.45) is 4.54. The highest BCUT2D eigenvalue weighted by Crippen LogP contribution is 1.87. The topological polar surface area (TPSA) is 38.4 Å². The number of aliphatic imine (C=N–C) groups is 1. The number of aromatic nitrogens is 1. The molecule has 3 heteroatoms. The molecule has 0 saturated heterocycles. The molecular weight excluding hydrogens is 104 g/mol. The van der Waals surface area contributed by atoms with Gasteiger partial charge in [0.05, 0.1) is 0 Å². The van der Waals surface area contributed by atoms with Gasteiger partial charge in [-0.2, -0.15) is 0 Å². The Kier molecular flexibility index (Phi) is 1.42. The van der Waals surface area contributed by atoms with Crippen LogP contribution >= 0.6 is 0 Å². The second kappa shape index (κ2) is 2.26. The highest BCUT2D eigenvalue weighted by molar-refractivity contribution is 5.75. The van der Waals surface area contributed by atoms with Crippen LogP contribution in [0.5, 0.6) is 0 Å². The molecule has 0 N–H and O–H groups in total. The van der Waals surface area contributed by atoms with Crippen molar-refractivity contribution in [2.45, 2.75) is 0 Å². The zero-order chi connectivity index (χ0) is 5.82. The summed E-state index contributed by atoms with van der Waals surface area (Å²) in [6, 6.07) is 0. The molecule has 1 aromatic heterocycles. The van der Waals surface area contributed by atoms with Crippen LogP contribution in [0.4, 0.5) is 0 Å². The van der Waals surface area contributed by atoms with Crippen molar-refractivity contribution in [1.29, 1.82) is 0 Å². The van der Waals surface area contributed by atoms with Crippen LogP contribution in [0.1, 0.15) is 5.69 Å². The lowest BCUT2D eigenvalue weighted by Crippen LogP contribution is -1.75. The molecule has 0 aliphatic rings. The molecule has 0 spiro atoms. The summed E-state index contributed by atoms with van der Waals surface area (Å²) in [5, 5.41) is 0. The van der Waals surface area contributed by atoms with Crippen LogP contribution in [-0.4, -0.2) is 18.2 Å². The van der Waals surface area contributed by atoms with E-state index in [-0.39, 0.29) is 0 Å². The van der Waals surface area contributed by atoms with Gasteiger partial charge in [-0.25, -0.2) is 4.98 Å². The fourth-order valence-electron chi connectivity index (χ4n) is 0.418. The van der Waals surface area contributed by atoms with Crippen LogP contribution in [0.15, 0.2) is 22.1 Å². The molecule has 0 unspecified atom stereocenters. The van der Waals surface area contributed by atoms with Gasteiger partial charge in [0.2, 0.25) is 0 Å². The summed E-state index contributed by atoms with van der Waals surface area (Å²) in [5.74, 6) is 0. The van der Waals surface area contributed by atoms with E-state index in [2.05, 4.69) is 14.4 Å². The number of hydrogen-bond acceptors (Lipinski definition) is 3. The fourth-order valence-corrected chi connectivity index (χ4v) is 0.418. The molecule has 0 amide bonds. The predicted octanol–water partition coefficient (Wildman–Crippen LogP) is 0.723. The maximum Gasteiger partial charge on any atom is 0.181 e. The second-order valence-corrected chi connectivity index (χ2v) is 1.30. The summed E-state index contributed by atoms with van der Waals surface area (Å²) in [5.41, 5.74) is 0.757. The van der Waals surface area contributed by atoms with Crippen LogP contribution < -0.4 is 0 Å². The summed E-state index contributed by atoms with van der Waals surface area (Å²) < 4.78 is 4.66. The maximum absolute atomic E-state index is 4.66. The zero-order valence-electron chi connectivity index (χ0n) is 4.53. The van der Waals surface area contributed by atoms with Gasteiger partial charge < -0.3 is 4.42 Å². The quantitative estimate of drug-likeness (QED) is 0.499. The largest absolute Gasteiger partial charge is 0.451 e. The van der Waals surface area contributed by atoms with E-state index in [1.165, 1.54) is 12.7 Å². The minimum atomic E-state index is 0.757. The molecule has 0 fully saturated rings. The third-order valence-corrected chi connectivity index (χ3v) is 0.713. The van der Waals surface area contributed by atoms with E-state index >= 15 is 0 Å². The Balaban J connectivity index is 2.77. The van der Waals surface area contributed by atoms with Gasteiger partial charge in [-0.1, -0.05) is 0 Å². The van der Waals surface area contributed by atoms with Crippen LogP contribution in [0, 0.1) is 0 Å². The van der Waals surface area contributed by atoms with Crippen molar-refractivity contribution in [3.05, 3.63) is 18.4 Å². The van der Waals surface area contributed by atoms with Crippen LogP contribution in [0.25, 0.3) is 0 Å². The molecule has 0 aliphatic carbocycles. The lowest BCUT2D eigenvalue weighted by atomic mass is 10.5. The lowest BCUT2D eigenvalue weighted by Gasteiger charge is -1.71. The van der Waals surface area contributed by atoms with Crippen LogP contribution in [0.2, 0.25) is 0 Å². The van der Waals surface area contributed by atoms with Gasteiger partial charge in [-0.3, -0.25) is 4.99 Å². The minimum Gasteiger partial charge on any atom is -0.451 e.